The fourth-order valence-electron chi connectivity index (χ4n) is 1.52. The van der Waals surface area contributed by atoms with Crippen molar-refractivity contribution in [3.63, 3.8) is 0 Å². The van der Waals surface area contributed by atoms with Crippen LogP contribution in [0, 0.1) is 5.82 Å². The van der Waals surface area contributed by atoms with Crippen LogP contribution in [0.4, 0.5) is 9.18 Å². The Morgan fingerprint density at radius 3 is 2.76 bits per heavy atom. The van der Waals surface area contributed by atoms with E-state index in [0.717, 1.165) is 6.07 Å². The molecule has 0 aliphatic heterocycles. The van der Waals surface area contributed by atoms with Gasteiger partial charge in [-0.25, -0.2) is 14.6 Å². The molecule has 0 bridgehead atoms. The molecule has 0 fully saturated rings. The highest BCUT2D eigenvalue weighted by Gasteiger charge is 2.07. The summed E-state index contributed by atoms with van der Waals surface area (Å²) in [6.45, 7) is 0. The number of primary amides is 1. The third kappa shape index (κ3) is 4.19. The maximum absolute atomic E-state index is 13.0. The number of para-hydroxylation sites is 1. The molecule has 2 amide bonds. The Kier molecular flexibility index (Phi) is 4.73. The van der Waals surface area contributed by atoms with Crippen LogP contribution >= 0.6 is 11.6 Å². The minimum atomic E-state index is -0.772. The van der Waals surface area contributed by atoms with Crippen molar-refractivity contribution in [1.29, 1.82) is 0 Å². The Balaban J connectivity index is 2.23. The molecular weight excluding hydrogens is 297 g/mol. The average molecular weight is 308 g/mol. The quantitative estimate of drug-likeness (QED) is 0.672. The van der Waals surface area contributed by atoms with Gasteiger partial charge in [-0.05, 0) is 30.3 Å². The largest absolute Gasteiger partial charge is 0.455 e. The van der Waals surface area contributed by atoms with Crippen LogP contribution in [-0.4, -0.2) is 12.2 Å². The smallest absolute Gasteiger partial charge is 0.332 e. The molecule has 0 spiro atoms. The Morgan fingerprint density at radius 1 is 1.29 bits per heavy atom. The van der Waals surface area contributed by atoms with Gasteiger partial charge in [0.1, 0.15) is 17.3 Å². The molecule has 0 unspecified atom stereocenters. The first-order valence-electron chi connectivity index (χ1n) is 5.86. The predicted molar refractivity (Wildman–Crippen MR) is 78.2 cm³/mol. The number of nitrogens with one attached hydrogen (secondary N) is 1. The minimum Gasteiger partial charge on any atom is -0.455 e. The zero-order valence-corrected chi connectivity index (χ0v) is 11.5. The molecule has 108 valence electrons. The van der Waals surface area contributed by atoms with Gasteiger partial charge in [-0.3, -0.25) is 0 Å². The van der Waals surface area contributed by atoms with Gasteiger partial charge in [-0.2, -0.15) is 5.10 Å². The summed E-state index contributed by atoms with van der Waals surface area (Å²) in [5.41, 5.74) is 7.57. The summed E-state index contributed by atoms with van der Waals surface area (Å²) in [7, 11) is 0. The number of carbonyl (C=O) groups excluding carboxylic acids is 1. The SMILES string of the molecule is NC(=O)NN=Cc1ccccc1Oc1ccc(F)cc1Cl. The van der Waals surface area contributed by atoms with Crippen LogP contribution in [0.2, 0.25) is 5.02 Å². The highest BCUT2D eigenvalue weighted by atomic mass is 35.5. The van der Waals surface area contributed by atoms with Crippen LogP contribution in [0.15, 0.2) is 47.6 Å². The molecule has 2 rings (SSSR count). The first-order valence-corrected chi connectivity index (χ1v) is 6.24. The van der Waals surface area contributed by atoms with E-state index in [2.05, 4.69) is 10.5 Å². The zero-order chi connectivity index (χ0) is 15.2. The molecule has 0 radical (unpaired) electrons. The molecular formula is C14H11ClFN3O2. The lowest BCUT2D eigenvalue weighted by Gasteiger charge is -2.09. The molecule has 0 aliphatic carbocycles. The molecule has 0 saturated carbocycles. The first kappa shape index (κ1) is 14.8. The van der Waals surface area contributed by atoms with Gasteiger partial charge in [0.15, 0.2) is 0 Å². The molecule has 2 aromatic rings. The van der Waals surface area contributed by atoms with Gasteiger partial charge < -0.3 is 10.5 Å². The van der Waals surface area contributed by atoms with Crippen LogP contribution in [0.1, 0.15) is 5.56 Å². The molecule has 0 saturated heterocycles. The van der Waals surface area contributed by atoms with Crippen molar-refractivity contribution < 1.29 is 13.9 Å². The topological polar surface area (TPSA) is 76.7 Å². The minimum absolute atomic E-state index is 0.150. The van der Waals surface area contributed by atoms with E-state index in [0.29, 0.717) is 17.1 Å². The highest BCUT2D eigenvalue weighted by molar-refractivity contribution is 6.32. The maximum Gasteiger partial charge on any atom is 0.332 e. The second-order valence-corrected chi connectivity index (χ2v) is 4.36. The third-order valence-electron chi connectivity index (χ3n) is 2.41. The lowest BCUT2D eigenvalue weighted by molar-refractivity contribution is 0.249. The molecule has 21 heavy (non-hydrogen) atoms. The fraction of sp³-hybridized carbons (Fsp3) is 0. The number of hydrogen-bond acceptors (Lipinski definition) is 3. The maximum atomic E-state index is 13.0. The number of benzene rings is 2. The van der Waals surface area contributed by atoms with Gasteiger partial charge in [0.2, 0.25) is 0 Å². The van der Waals surface area contributed by atoms with Gasteiger partial charge >= 0.3 is 6.03 Å². The zero-order valence-electron chi connectivity index (χ0n) is 10.7. The van der Waals surface area contributed by atoms with E-state index < -0.39 is 11.8 Å². The van der Waals surface area contributed by atoms with Crippen molar-refractivity contribution in [1.82, 2.24) is 5.43 Å². The molecule has 0 aromatic heterocycles. The van der Waals surface area contributed by atoms with Crippen molar-refractivity contribution in [2.75, 3.05) is 0 Å². The van der Waals surface area contributed by atoms with E-state index in [1.165, 1.54) is 18.3 Å². The molecule has 5 nitrogen and oxygen atoms in total. The van der Waals surface area contributed by atoms with Crippen LogP contribution < -0.4 is 15.9 Å². The third-order valence-corrected chi connectivity index (χ3v) is 2.71. The summed E-state index contributed by atoms with van der Waals surface area (Å²) in [6, 6.07) is 9.98. The Morgan fingerprint density at radius 2 is 2.05 bits per heavy atom. The van der Waals surface area contributed by atoms with Crippen molar-refractivity contribution in [2.45, 2.75) is 0 Å². The summed E-state index contributed by atoms with van der Waals surface area (Å²) in [5, 5.41) is 3.81. The Bertz CT molecular complexity index is 692. The monoisotopic (exact) mass is 307 g/mol. The number of urea groups is 1. The number of rotatable bonds is 4. The Labute approximate surface area is 125 Å². The molecule has 7 heteroatoms. The number of carbonyl (C=O) groups is 1. The Hall–Kier alpha value is -2.60. The lowest BCUT2D eigenvalue weighted by atomic mass is 10.2. The number of nitrogens with zero attached hydrogens (tertiary/aromatic N) is 1. The first-order chi connectivity index (χ1) is 10.1. The van der Waals surface area contributed by atoms with Gasteiger partial charge in [0.05, 0.1) is 11.2 Å². The van der Waals surface area contributed by atoms with Crippen molar-refractivity contribution in [2.24, 2.45) is 10.8 Å². The van der Waals surface area contributed by atoms with Crippen molar-refractivity contribution in [3.8, 4) is 11.5 Å². The van der Waals surface area contributed by atoms with Gasteiger partial charge in [0.25, 0.3) is 0 Å². The number of ether oxygens (including phenoxy) is 1. The van der Waals surface area contributed by atoms with Crippen LogP contribution in [0.5, 0.6) is 11.5 Å². The van der Waals surface area contributed by atoms with E-state index in [9.17, 15) is 9.18 Å². The van der Waals surface area contributed by atoms with E-state index in [4.69, 9.17) is 22.1 Å². The van der Waals surface area contributed by atoms with E-state index in [1.54, 1.807) is 24.3 Å². The molecule has 0 heterocycles. The summed E-state index contributed by atoms with van der Waals surface area (Å²) in [4.78, 5) is 10.6. The van der Waals surface area contributed by atoms with Crippen molar-refractivity contribution >= 4 is 23.8 Å². The number of halogens is 2. The van der Waals surface area contributed by atoms with Gasteiger partial charge in [-0.1, -0.05) is 23.7 Å². The van der Waals surface area contributed by atoms with E-state index in [1.807, 2.05) is 0 Å². The second-order valence-electron chi connectivity index (χ2n) is 3.95. The normalized spacial score (nSPS) is 10.6. The van der Waals surface area contributed by atoms with E-state index >= 15 is 0 Å². The fourth-order valence-corrected chi connectivity index (χ4v) is 1.73. The van der Waals surface area contributed by atoms with Gasteiger partial charge in [-0.15, -0.1) is 0 Å². The van der Waals surface area contributed by atoms with Gasteiger partial charge in [0, 0.05) is 5.56 Å². The standard InChI is InChI=1S/C14H11ClFN3O2/c15-11-7-10(16)5-6-13(11)21-12-4-2-1-3-9(12)8-18-19-14(17)20/h1-8H,(H3,17,19,20). The molecule has 3 N–H and O–H groups in total. The summed E-state index contributed by atoms with van der Waals surface area (Å²) in [5.74, 6) is 0.302. The average Bonchev–Trinajstić information content (AvgIpc) is 2.43. The van der Waals surface area contributed by atoms with Crippen molar-refractivity contribution in [3.05, 3.63) is 58.9 Å². The summed E-state index contributed by atoms with van der Waals surface area (Å²) in [6.07, 6.45) is 1.37. The molecule has 0 aliphatic rings. The number of hydrogen-bond donors (Lipinski definition) is 2. The van der Waals surface area contributed by atoms with Crippen LogP contribution in [0.25, 0.3) is 0 Å². The number of hydrazone groups is 1. The summed E-state index contributed by atoms with van der Waals surface area (Å²) >= 11 is 5.91. The molecule has 0 atom stereocenters. The molecule has 2 aromatic carbocycles. The summed E-state index contributed by atoms with van der Waals surface area (Å²) < 4.78 is 18.6. The predicted octanol–water partition coefficient (Wildman–Crippen LogP) is 3.27. The number of amides is 2. The van der Waals surface area contributed by atoms with Crippen LogP contribution in [0.3, 0.4) is 0 Å². The van der Waals surface area contributed by atoms with Crippen LogP contribution in [-0.2, 0) is 0 Å². The number of nitrogens with two attached hydrogens (primary N) is 1. The second kappa shape index (κ2) is 6.71. The lowest BCUT2D eigenvalue weighted by Crippen LogP contribution is -2.24. The highest BCUT2D eigenvalue weighted by Crippen LogP contribution is 2.31. The van der Waals surface area contributed by atoms with E-state index in [-0.39, 0.29) is 5.02 Å².